The third kappa shape index (κ3) is 3.61. The monoisotopic (exact) mass is 405 g/mol. The maximum Gasteiger partial charge on any atom is 0.241 e. The molecule has 6 heteroatoms. The standard InChI is InChI=1S/C18H16BrNO3S/c19-17-9-10-18(16-4-2-1-3-15(16)17)24(22,23)20-12-11-13-5-7-14(21)8-6-13/h1-10,20-21H,11-12H2. The lowest BCUT2D eigenvalue weighted by Crippen LogP contribution is -2.26. The average molecular weight is 406 g/mol. The highest BCUT2D eigenvalue weighted by atomic mass is 79.9. The molecule has 0 saturated carbocycles. The first-order valence-electron chi connectivity index (χ1n) is 7.42. The summed E-state index contributed by atoms with van der Waals surface area (Å²) in [5.74, 6) is 0.195. The lowest BCUT2D eigenvalue weighted by molar-refractivity contribution is 0.475. The maximum absolute atomic E-state index is 12.6. The number of phenolic OH excluding ortho intramolecular Hbond substituents is 1. The SMILES string of the molecule is O=S(=O)(NCCc1ccc(O)cc1)c1ccc(Br)c2ccccc12. The summed E-state index contributed by atoms with van der Waals surface area (Å²) < 4.78 is 28.8. The molecule has 4 nitrogen and oxygen atoms in total. The third-order valence-electron chi connectivity index (χ3n) is 3.76. The van der Waals surface area contributed by atoms with Crippen LogP contribution in [0.1, 0.15) is 5.56 Å². The van der Waals surface area contributed by atoms with Crippen LogP contribution >= 0.6 is 15.9 Å². The first-order chi connectivity index (χ1) is 11.5. The first kappa shape index (κ1) is 17.0. The van der Waals surface area contributed by atoms with Gasteiger partial charge in [0.25, 0.3) is 0 Å². The van der Waals surface area contributed by atoms with Crippen LogP contribution in [-0.4, -0.2) is 20.1 Å². The van der Waals surface area contributed by atoms with Gasteiger partial charge in [0.05, 0.1) is 4.90 Å². The van der Waals surface area contributed by atoms with Crippen molar-refractivity contribution in [3.8, 4) is 5.75 Å². The van der Waals surface area contributed by atoms with Crippen LogP contribution in [0.4, 0.5) is 0 Å². The Morgan fingerprint density at radius 1 is 0.917 bits per heavy atom. The Bertz CT molecular complexity index is 969. The summed E-state index contributed by atoms with van der Waals surface area (Å²) in [7, 11) is -3.60. The Balaban J connectivity index is 1.81. The predicted molar refractivity (Wildman–Crippen MR) is 98.6 cm³/mol. The zero-order chi connectivity index (χ0) is 17.2. The Kier molecular flexibility index (Phi) is 4.89. The van der Waals surface area contributed by atoms with Crippen molar-refractivity contribution in [2.75, 3.05) is 6.54 Å². The Morgan fingerprint density at radius 3 is 2.29 bits per heavy atom. The second kappa shape index (κ2) is 6.93. The number of benzene rings is 3. The molecule has 0 radical (unpaired) electrons. The summed E-state index contributed by atoms with van der Waals surface area (Å²) in [4.78, 5) is 0.270. The number of fused-ring (bicyclic) bond motifs is 1. The van der Waals surface area contributed by atoms with Gasteiger partial charge in [0.15, 0.2) is 0 Å². The lowest BCUT2D eigenvalue weighted by Gasteiger charge is -2.11. The second-order valence-corrected chi connectivity index (χ2v) is 8.00. The van der Waals surface area contributed by atoms with Crippen LogP contribution < -0.4 is 4.72 Å². The molecule has 0 atom stereocenters. The fourth-order valence-corrected chi connectivity index (χ4v) is 4.26. The highest BCUT2D eigenvalue weighted by Crippen LogP contribution is 2.29. The van der Waals surface area contributed by atoms with Gasteiger partial charge in [-0.1, -0.05) is 52.3 Å². The van der Waals surface area contributed by atoms with E-state index >= 15 is 0 Å². The van der Waals surface area contributed by atoms with Crippen LogP contribution in [0, 0.1) is 0 Å². The molecule has 3 aromatic rings. The third-order valence-corrected chi connectivity index (χ3v) is 5.97. The molecule has 0 saturated heterocycles. The van der Waals surface area contributed by atoms with Crippen LogP contribution in [0.2, 0.25) is 0 Å². The smallest absolute Gasteiger partial charge is 0.241 e. The summed E-state index contributed by atoms with van der Waals surface area (Å²) in [5, 5.41) is 10.8. The molecule has 24 heavy (non-hydrogen) atoms. The Labute approximate surface area is 149 Å². The van der Waals surface area contributed by atoms with E-state index in [0.717, 1.165) is 15.4 Å². The van der Waals surface area contributed by atoms with Gasteiger partial charge in [0.1, 0.15) is 5.75 Å². The van der Waals surface area contributed by atoms with Crippen molar-refractivity contribution in [2.45, 2.75) is 11.3 Å². The van der Waals surface area contributed by atoms with Crippen LogP contribution in [-0.2, 0) is 16.4 Å². The molecule has 0 aliphatic carbocycles. The molecule has 0 spiro atoms. The molecule has 0 amide bonds. The van der Waals surface area contributed by atoms with E-state index in [1.807, 2.05) is 18.2 Å². The molecule has 0 unspecified atom stereocenters. The van der Waals surface area contributed by atoms with Gasteiger partial charge >= 0.3 is 0 Å². The van der Waals surface area contributed by atoms with Crippen molar-refractivity contribution in [2.24, 2.45) is 0 Å². The van der Waals surface area contributed by atoms with Crippen molar-refractivity contribution in [3.05, 3.63) is 70.7 Å². The molecule has 124 valence electrons. The van der Waals surface area contributed by atoms with Gasteiger partial charge < -0.3 is 5.11 Å². The summed E-state index contributed by atoms with van der Waals surface area (Å²) >= 11 is 3.45. The highest BCUT2D eigenvalue weighted by Gasteiger charge is 2.17. The average Bonchev–Trinajstić information content (AvgIpc) is 2.57. The molecule has 0 aliphatic heterocycles. The molecular formula is C18H16BrNO3S. The van der Waals surface area contributed by atoms with E-state index in [2.05, 4.69) is 20.7 Å². The topological polar surface area (TPSA) is 66.4 Å². The van der Waals surface area contributed by atoms with Crippen molar-refractivity contribution in [1.82, 2.24) is 4.72 Å². The van der Waals surface area contributed by atoms with E-state index in [0.29, 0.717) is 11.8 Å². The molecule has 2 N–H and O–H groups in total. The number of aromatic hydroxyl groups is 1. The van der Waals surface area contributed by atoms with E-state index in [1.54, 1.807) is 42.5 Å². The zero-order valence-corrected chi connectivity index (χ0v) is 15.1. The van der Waals surface area contributed by atoms with Gasteiger partial charge in [-0.25, -0.2) is 13.1 Å². The van der Waals surface area contributed by atoms with Gasteiger partial charge in [0, 0.05) is 16.4 Å². The summed E-state index contributed by atoms with van der Waals surface area (Å²) in [6.07, 6.45) is 0.550. The van der Waals surface area contributed by atoms with Gasteiger partial charge in [-0.2, -0.15) is 0 Å². The Hall–Kier alpha value is -1.89. The fraction of sp³-hybridized carbons (Fsp3) is 0.111. The molecule has 0 bridgehead atoms. The van der Waals surface area contributed by atoms with Gasteiger partial charge in [-0.15, -0.1) is 0 Å². The zero-order valence-electron chi connectivity index (χ0n) is 12.7. The number of sulfonamides is 1. The number of halogens is 1. The van der Waals surface area contributed by atoms with Crippen molar-refractivity contribution in [1.29, 1.82) is 0 Å². The maximum atomic E-state index is 12.6. The van der Waals surface area contributed by atoms with Crippen LogP contribution in [0.3, 0.4) is 0 Å². The van der Waals surface area contributed by atoms with E-state index in [4.69, 9.17) is 0 Å². The number of hydrogen-bond acceptors (Lipinski definition) is 3. The summed E-state index contributed by atoms with van der Waals surface area (Å²) in [5.41, 5.74) is 0.955. The largest absolute Gasteiger partial charge is 0.508 e. The number of hydrogen-bond donors (Lipinski definition) is 2. The van der Waals surface area contributed by atoms with Crippen LogP contribution in [0.25, 0.3) is 10.8 Å². The molecule has 0 aliphatic rings. The van der Waals surface area contributed by atoms with Crippen molar-refractivity contribution >= 4 is 36.7 Å². The van der Waals surface area contributed by atoms with Gasteiger partial charge in [-0.3, -0.25) is 0 Å². The van der Waals surface area contributed by atoms with Gasteiger partial charge in [-0.05, 0) is 41.6 Å². The molecular weight excluding hydrogens is 390 g/mol. The van der Waals surface area contributed by atoms with E-state index in [1.165, 1.54) is 0 Å². The molecule has 0 fully saturated rings. The number of rotatable bonds is 5. The summed E-state index contributed by atoms with van der Waals surface area (Å²) in [6, 6.07) is 17.5. The number of phenols is 1. The number of nitrogens with one attached hydrogen (secondary N) is 1. The quantitative estimate of drug-likeness (QED) is 0.677. The van der Waals surface area contributed by atoms with Crippen molar-refractivity contribution in [3.63, 3.8) is 0 Å². The molecule has 0 heterocycles. The normalized spacial score (nSPS) is 11.7. The molecule has 3 rings (SSSR count). The second-order valence-electron chi connectivity index (χ2n) is 5.41. The minimum atomic E-state index is -3.60. The van der Waals surface area contributed by atoms with E-state index in [9.17, 15) is 13.5 Å². The Morgan fingerprint density at radius 2 is 1.58 bits per heavy atom. The van der Waals surface area contributed by atoms with E-state index in [-0.39, 0.29) is 17.2 Å². The minimum Gasteiger partial charge on any atom is -0.508 e. The van der Waals surface area contributed by atoms with Crippen LogP contribution in [0.5, 0.6) is 5.75 Å². The first-order valence-corrected chi connectivity index (χ1v) is 9.70. The molecule has 0 aromatic heterocycles. The van der Waals surface area contributed by atoms with Crippen molar-refractivity contribution < 1.29 is 13.5 Å². The molecule has 3 aromatic carbocycles. The summed E-state index contributed by atoms with van der Waals surface area (Å²) in [6.45, 7) is 0.289. The van der Waals surface area contributed by atoms with Gasteiger partial charge in [0.2, 0.25) is 10.0 Å². The highest BCUT2D eigenvalue weighted by molar-refractivity contribution is 9.10. The minimum absolute atomic E-state index is 0.195. The fourth-order valence-electron chi connectivity index (χ4n) is 2.54. The predicted octanol–water partition coefficient (Wildman–Crippen LogP) is 3.83. The van der Waals surface area contributed by atoms with E-state index < -0.39 is 10.0 Å². The van der Waals surface area contributed by atoms with Crippen LogP contribution in [0.15, 0.2) is 70.0 Å². The lowest BCUT2D eigenvalue weighted by atomic mass is 10.1.